The topological polar surface area (TPSA) is 92.8 Å². The minimum Gasteiger partial charge on any atom is -0.348 e. The summed E-state index contributed by atoms with van der Waals surface area (Å²) in [6.07, 6.45) is 0. The van der Waals surface area contributed by atoms with Gasteiger partial charge in [-0.05, 0) is 22.6 Å². The highest BCUT2D eigenvalue weighted by Crippen LogP contribution is 2.35. The molecule has 0 aliphatic carbocycles. The first-order valence-corrected chi connectivity index (χ1v) is 11.1. The third kappa shape index (κ3) is 5.43. The summed E-state index contributed by atoms with van der Waals surface area (Å²) in [6.45, 7) is 8.96. The minimum absolute atomic E-state index is 0.0758. The molecule has 0 spiro atoms. The summed E-state index contributed by atoms with van der Waals surface area (Å²) in [7, 11) is 0. The van der Waals surface area contributed by atoms with Crippen LogP contribution in [0.1, 0.15) is 43.5 Å². The number of hydrogen-bond acceptors (Lipinski definition) is 6. The lowest BCUT2D eigenvalue weighted by Crippen LogP contribution is -2.49. The Bertz CT molecular complexity index is 1040. The molecule has 8 nitrogen and oxygen atoms in total. The molecule has 0 N–H and O–H groups in total. The first kappa shape index (κ1) is 24.1. The molecule has 1 saturated heterocycles. The number of piperazine rings is 1. The van der Waals surface area contributed by atoms with Crippen LogP contribution in [0.15, 0.2) is 42.5 Å². The molecule has 1 fully saturated rings. The molecule has 2 aromatic rings. The number of thiocarbonyl (C=S) groups is 1. The van der Waals surface area contributed by atoms with Crippen LogP contribution in [0.2, 0.25) is 0 Å². The van der Waals surface area contributed by atoms with E-state index in [-0.39, 0.29) is 16.8 Å². The van der Waals surface area contributed by atoms with E-state index in [0.717, 1.165) is 18.2 Å². The van der Waals surface area contributed by atoms with E-state index in [4.69, 9.17) is 12.2 Å². The van der Waals surface area contributed by atoms with Gasteiger partial charge in [-0.3, -0.25) is 25.1 Å². The van der Waals surface area contributed by atoms with Crippen LogP contribution in [0.25, 0.3) is 0 Å². The van der Waals surface area contributed by atoms with Gasteiger partial charge in [0.15, 0.2) is 0 Å². The SMILES string of the molecule is CC(C)(C)c1ccc(CN2CCN(C(=S)S)C(c3ccc([N+](=O)[O-])cc3[N+](=O)[O-])C2)cc1. The van der Waals surface area contributed by atoms with Crippen molar-refractivity contribution in [3.63, 3.8) is 0 Å². The Labute approximate surface area is 197 Å². The van der Waals surface area contributed by atoms with E-state index >= 15 is 0 Å². The number of rotatable bonds is 5. The van der Waals surface area contributed by atoms with Crippen LogP contribution in [0.4, 0.5) is 11.4 Å². The predicted octanol–water partition coefficient (Wildman–Crippen LogP) is 4.87. The van der Waals surface area contributed by atoms with Gasteiger partial charge in [0, 0.05) is 32.2 Å². The van der Waals surface area contributed by atoms with Gasteiger partial charge in [0.25, 0.3) is 11.4 Å². The maximum atomic E-state index is 11.7. The fourth-order valence-electron chi connectivity index (χ4n) is 3.93. The maximum absolute atomic E-state index is 11.7. The fraction of sp³-hybridized carbons (Fsp3) is 0.409. The highest BCUT2D eigenvalue weighted by Gasteiger charge is 2.34. The Morgan fingerprint density at radius 1 is 1.09 bits per heavy atom. The van der Waals surface area contributed by atoms with Gasteiger partial charge in [0.05, 0.1) is 27.5 Å². The number of thiol groups is 1. The average molecular weight is 475 g/mol. The molecule has 3 rings (SSSR count). The number of benzene rings is 2. The first-order chi connectivity index (χ1) is 15.0. The lowest BCUT2D eigenvalue weighted by molar-refractivity contribution is -0.394. The molecule has 1 atom stereocenters. The maximum Gasteiger partial charge on any atom is 0.281 e. The normalized spacial score (nSPS) is 17.2. The summed E-state index contributed by atoms with van der Waals surface area (Å²) in [5.41, 5.74) is 2.28. The van der Waals surface area contributed by atoms with Crippen LogP contribution in [-0.2, 0) is 12.0 Å². The molecule has 1 unspecified atom stereocenters. The van der Waals surface area contributed by atoms with Gasteiger partial charge in [0.2, 0.25) is 0 Å². The first-order valence-electron chi connectivity index (χ1n) is 10.2. The number of non-ortho nitro benzene ring substituents is 1. The summed E-state index contributed by atoms with van der Waals surface area (Å²) < 4.78 is 0.344. The molecule has 1 heterocycles. The van der Waals surface area contributed by atoms with Gasteiger partial charge >= 0.3 is 0 Å². The molecular formula is C22H26N4O4S2. The number of nitro benzene ring substituents is 2. The summed E-state index contributed by atoms with van der Waals surface area (Å²) in [5.74, 6) is 0. The molecule has 10 heteroatoms. The smallest absolute Gasteiger partial charge is 0.281 e. The Morgan fingerprint density at radius 2 is 1.75 bits per heavy atom. The lowest BCUT2D eigenvalue weighted by atomic mass is 9.86. The third-order valence-corrected chi connectivity index (χ3v) is 6.21. The van der Waals surface area contributed by atoms with Gasteiger partial charge in [0.1, 0.15) is 4.32 Å². The Morgan fingerprint density at radius 3 is 2.28 bits per heavy atom. The molecule has 1 aliphatic heterocycles. The van der Waals surface area contributed by atoms with E-state index in [9.17, 15) is 20.2 Å². The van der Waals surface area contributed by atoms with Crippen LogP contribution in [0.5, 0.6) is 0 Å². The molecule has 0 bridgehead atoms. The Kier molecular flexibility index (Phi) is 7.16. The molecule has 32 heavy (non-hydrogen) atoms. The van der Waals surface area contributed by atoms with Crippen LogP contribution in [-0.4, -0.2) is 43.6 Å². The van der Waals surface area contributed by atoms with Gasteiger partial charge < -0.3 is 4.90 Å². The molecule has 170 valence electrons. The van der Waals surface area contributed by atoms with Crippen LogP contribution < -0.4 is 0 Å². The number of hydrogen-bond donors (Lipinski definition) is 1. The van der Waals surface area contributed by atoms with E-state index < -0.39 is 15.9 Å². The van der Waals surface area contributed by atoms with Crippen molar-refractivity contribution in [2.45, 2.75) is 38.8 Å². The molecule has 0 saturated carbocycles. The zero-order chi connectivity index (χ0) is 23.6. The van der Waals surface area contributed by atoms with Gasteiger partial charge in [-0.25, -0.2) is 0 Å². The van der Waals surface area contributed by atoms with E-state index in [1.807, 2.05) is 4.90 Å². The number of nitro groups is 2. The zero-order valence-electron chi connectivity index (χ0n) is 18.2. The quantitative estimate of drug-likeness (QED) is 0.286. The predicted molar refractivity (Wildman–Crippen MR) is 131 cm³/mol. The van der Waals surface area contributed by atoms with Gasteiger partial charge in [-0.15, -0.1) is 12.6 Å². The number of nitrogens with zero attached hydrogens (tertiary/aromatic N) is 4. The minimum atomic E-state index is -0.633. The van der Waals surface area contributed by atoms with Crippen LogP contribution in [0.3, 0.4) is 0 Å². The monoisotopic (exact) mass is 474 g/mol. The lowest BCUT2D eigenvalue weighted by Gasteiger charge is -2.42. The van der Waals surface area contributed by atoms with E-state index in [0.29, 0.717) is 29.5 Å². The van der Waals surface area contributed by atoms with Crippen molar-refractivity contribution in [2.75, 3.05) is 19.6 Å². The van der Waals surface area contributed by atoms with Crippen molar-refractivity contribution in [1.82, 2.24) is 9.80 Å². The van der Waals surface area contributed by atoms with Crippen molar-refractivity contribution >= 4 is 40.5 Å². The second kappa shape index (κ2) is 9.51. The van der Waals surface area contributed by atoms with Gasteiger partial charge in [-0.1, -0.05) is 57.3 Å². The molecule has 1 aliphatic rings. The second-order valence-corrected chi connectivity index (χ2v) is 10.0. The zero-order valence-corrected chi connectivity index (χ0v) is 19.9. The van der Waals surface area contributed by atoms with Crippen LogP contribution >= 0.6 is 24.8 Å². The van der Waals surface area contributed by atoms with E-state index in [1.165, 1.54) is 17.7 Å². The Hall–Kier alpha value is -2.56. The van der Waals surface area contributed by atoms with Crippen molar-refractivity contribution in [3.8, 4) is 0 Å². The summed E-state index contributed by atoms with van der Waals surface area (Å²) in [6, 6.07) is 11.8. The summed E-state index contributed by atoms with van der Waals surface area (Å²) in [4.78, 5) is 25.7. The molecule has 0 amide bonds. The molecule has 0 aromatic heterocycles. The fourth-order valence-corrected chi connectivity index (χ4v) is 4.39. The molecule has 2 aromatic carbocycles. The second-order valence-electron chi connectivity index (χ2n) is 8.93. The molecular weight excluding hydrogens is 448 g/mol. The van der Waals surface area contributed by atoms with Crippen molar-refractivity contribution in [3.05, 3.63) is 79.4 Å². The van der Waals surface area contributed by atoms with Crippen molar-refractivity contribution < 1.29 is 9.85 Å². The standard InChI is InChI=1S/C22H26N4O4S2/c1-22(2,3)16-6-4-15(5-7-16)13-23-10-11-24(21(31)32)20(14-23)18-9-8-17(25(27)28)12-19(18)26(29)30/h4-9,12,20H,10-11,13-14H2,1-3H3,(H,31,32). The van der Waals surface area contributed by atoms with Crippen molar-refractivity contribution in [1.29, 1.82) is 0 Å². The highest BCUT2D eigenvalue weighted by atomic mass is 32.1. The summed E-state index contributed by atoms with van der Waals surface area (Å²) in [5, 5.41) is 22.8. The molecule has 0 radical (unpaired) electrons. The Balaban J connectivity index is 1.88. The average Bonchev–Trinajstić information content (AvgIpc) is 2.72. The van der Waals surface area contributed by atoms with E-state index in [2.05, 4.69) is 62.6 Å². The summed E-state index contributed by atoms with van der Waals surface area (Å²) >= 11 is 9.60. The van der Waals surface area contributed by atoms with E-state index in [1.54, 1.807) is 0 Å². The van der Waals surface area contributed by atoms with Crippen LogP contribution in [0, 0.1) is 20.2 Å². The van der Waals surface area contributed by atoms with Gasteiger partial charge in [-0.2, -0.15) is 0 Å². The van der Waals surface area contributed by atoms with Crippen molar-refractivity contribution in [2.24, 2.45) is 0 Å². The highest BCUT2D eigenvalue weighted by molar-refractivity contribution is 8.10. The third-order valence-electron chi connectivity index (χ3n) is 5.72. The largest absolute Gasteiger partial charge is 0.348 e.